The molecule has 0 aromatic heterocycles. The van der Waals surface area contributed by atoms with Crippen LogP contribution < -0.4 is 38.1 Å². The van der Waals surface area contributed by atoms with Crippen molar-refractivity contribution in [1.29, 1.82) is 5.41 Å². The Hall–Kier alpha value is -6.61. The number of guanidine groups is 1. The molecule has 21 nitrogen and oxygen atoms in total. The number of likely N-dealkylation sites (tertiary alicyclic amines) is 3. The zero-order chi connectivity index (χ0) is 47.0. The van der Waals surface area contributed by atoms with E-state index in [0.717, 1.165) is 0 Å². The largest absolute Gasteiger partial charge is 0.480 e. The number of carbonyl (C=O) groups is 8. The van der Waals surface area contributed by atoms with E-state index in [-0.39, 0.29) is 50.1 Å². The Balaban J connectivity index is 1.17. The molecule has 3 fully saturated rings. The fourth-order valence-corrected chi connectivity index (χ4v) is 8.53. The van der Waals surface area contributed by atoms with Gasteiger partial charge in [-0.3, -0.25) is 39.0 Å². The van der Waals surface area contributed by atoms with E-state index in [1.165, 1.54) is 14.7 Å². The molecule has 7 atom stereocenters. The van der Waals surface area contributed by atoms with E-state index in [1.807, 2.05) is 0 Å². The maximum atomic E-state index is 13.8. The molecule has 21 heteroatoms. The van der Waals surface area contributed by atoms with E-state index in [1.54, 1.807) is 60.7 Å². The third kappa shape index (κ3) is 13.7. The Morgan fingerprint density at radius 2 is 1.22 bits per heavy atom. The van der Waals surface area contributed by atoms with E-state index in [4.69, 9.17) is 16.9 Å². The van der Waals surface area contributed by atoms with Gasteiger partial charge in [-0.25, -0.2) is 4.79 Å². The normalized spacial score (nSPS) is 19.9. The lowest BCUT2D eigenvalue weighted by Gasteiger charge is -2.32. The van der Waals surface area contributed by atoms with Gasteiger partial charge >= 0.3 is 5.97 Å². The molecule has 3 aliphatic heterocycles. The van der Waals surface area contributed by atoms with Crippen molar-refractivity contribution in [2.75, 3.05) is 39.3 Å². The van der Waals surface area contributed by atoms with Crippen LogP contribution >= 0.6 is 0 Å². The highest BCUT2D eigenvalue weighted by molar-refractivity contribution is 5.97. The molecule has 2 aromatic carbocycles. The summed E-state index contributed by atoms with van der Waals surface area (Å²) in [5.41, 5.74) is 12.8. The first-order valence-corrected chi connectivity index (χ1v) is 22.0. The molecule has 7 amide bonds. The van der Waals surface area contributed by atoms with E-state index < -0.39 is 90.9 Å². The third-order valence-electron chi connectivity index (χ3n) is 11.9. The number of hydrogen-bond donors (Lipinski definition) is 10. The molecule has 0 radical (unpaired) electrons. The Labute approximate surface area is 376 Å². The van der Waals surface area contributed by atoms with Gasteiger partial charge in [-0.15, -0.1) is 0 Å². The van der Waals surface area contributed by atoms with Gasteiger partial charge in [0.1, 0.15) is 36.3 Å². The number of aliphatic hydroxyl groups excluding tert-OH is 1. The van der Waals surface area contributed by atoms with Crippen molar-refractivity contribution in [3.63, 3.8) is 0 Å². The number of amides is 7. The van der Waals surface area contributed by atoms with Gasteiger partial charge in [0.25, 0.3) is 0 Å². The highest BCUT2D eigenvalue weighted by Crippen LogP contribution is 2.26. The zero-order valence-electron chi connectivity index (χ0n) is 36.3. The number of aliphatic carboxylic acids is 1. The van der Waals surface area contributed by atoms with Crippen LogP contribution in [-0.4, -0.2) is 160 Å². The van der Waals surface area contributed by atoms with Crippen molar-refractivity contribution >= 4 is 53.3 Å². The second-order valence-electron chi connectivity index (χ2n) is 16.5. The Morgan fingerprint density at radius 1 is 0.677 bits per heavy atom. The lowest BCUT2D eigenvalue weighted by Crippen LogP contribution is -2.59. The quantitative estimate of drug-likeness (QED) is 0.0358. The number of nitrogens with one attached hydrogen (secondary N) is 6. The number of carboxylic acids is 1. The first-order chi connectivity index (χ1) is 31.2. The van der Waals surface area contributed by atoms with Gasteiger partial charge in [0.2, 0.25) is 41.4 Å². The Bertz CT molecular complexity index is 2030. The summed E-state index contributed by atoms with van der Waals surface area (Å²) in [6.07, 6.45) is 3.24. The van der Waals surface area contributed by atoms with Crippen LogP contribution in [0.15, 0.2) is 60.7 Å². The fourth-order valence-electron chi connectivity index (χ4n) is 8.53. The van der Waals surface area contributed by atoms with Crippen LogP contribution in [0.25, 0.3) is 0 Å². The van der Waals surface area contributed by atoms with E-state index in [2.05, 4.69) is 26.6 Å². The highest BCUT2D eigenvalue weighted by Gasteiger charge is 2.43. The summed E-state index contributed by atoms with van der Waals surface area (Å²) in [6, 6.07) is 9.73. The molecule has 3 aliphatic rings. The van der Waals surface area contributed by atoms with Crippen molar-refractivity contribution < 1.29 is 48.6 Å². The molecule has 1 unspecified atom stereocenters. The standard InChI is InChI=1S/C44H61N11O10/c45-29(15-7-19-48-44(46)47)40(61)55-22-10-18-35(55)42(63)54-21-8-16-33(54)38(59)49-25-36(57)50-30(23-27-11-3-1-4-12-27)37(58)52-32(26-56)41(62)53-20-9-17-34(53)39(60)51-31(43(64)65)24-28-13-5-2-6-14-28/h1-6,11-14,29-35,56H,7-10,15-26,45H2,(H,49,59)(H,50,57)(H,51,60)(H,52,58)(H,64,65)(H4,46,47,48)/t29-,30-,31-,32-,33-,34-,35?/m0/s1. The maximum absolute atomic E-state index is 13.8. The van der Waals surface area contributed by atoms with Crippen molar-refractivity contribution in [3.05, 3.63) is 71.8 Å². The Kier molecular flexibility index (Phi) is 18.2. The topological polar surface area (TPSA) is 323 Å². The molecule has 65 heavy (non-hydrogen) atoms. The zero-order valence-corrected chi connectivity index (χ0v) is 36.3. The number of nitrogens with zero attached hydrogens (tertiary/aromatic N) is 3. The minimum absolute atomic E-state index is 0.0123. The monoisotopic (exact) mass is 903 g/mol. The predicted octanol–water partition coefficient (Wildman–Crippen LogP) is -2.32. The summed E-state index contributed by atoms with van der Waals surface area (Å²) in [7, 11) is 0. The van der Waals surface area contributed by atoms with Crippen LogP contribution in [0.1, 0.15) is 62.5 Å². The van der Waals surface area contributed by atoms with Gasteiger partial charge in [-0.2, -0.15) is 0 Å². The van der Waals surface area contributed by atoms with Crippen LogP contribution in [0.3, 0.4) is 0 Å². The van der Waals surface area contributed by atoms with Crippen LogP contribution in [0.5, 0.6) is 0 Å². The van der Waals surface area contributed by atoms with Crippen molar-refractivity contribution in [1.82, 2.24) is 41.3 Å². The molecule has 5 rings (SSSR count). The Morgan fingerprint density at radius 3 is 1.78 bits per heavy atom. The van der Waals surface area contributed by atoms with Gasteiger partial charge in [-0.05, 0) is 62.5 Å². The van der Waals surface area contributed by atoms with Crippen LogP contribution in [0.4, 0.5) is 0 Å². The smallest absolute Gasteiger partial charge is 0.326 e. The van der Waals surface area contributed by atoms with Crippen molar-refractivity contribution in [2.24, 2.45) is 11.5 Å². The molecular weight excluding hydrogens is 843 g/mol. The number of aliphatic hydroxyl groups is 1. The van der Waals surface area contributed by atoms with E-state index in [0.29, 0.717) is 69.2 Å². The first-order valence-electron chi connectivity index (χ1n) is 22.0. The number of hydrogen-bond acceptors (Lipinski definition) is 11. The second-order valence-corrected chi connectivity index (χ2v) is 16.5. The van der Waals surface area contributed by atoms with Crippen molar-refractivity contribution in [2.45, 2.75) is 107 Å². The third-order valence-corrected chi connectivity index (χ3v) is 11.9. The van der Waals surface area contributed by atoms with E-state index in [9.17, 15) is 48.6 Å². The van der Waals surface area contributed by atoms with Gasteiger partial charge in [-0.1, -0.05) is 60.7 Å². The summed E-state index contributed by atoms with van der Waals surface area (Å²) in [4.78, 5) is 111. The molecule has 0 aliphatic carbocycles. The highest BCUT2D eigenvalue weighted by atomic mass is 16.4. The van der Waals surface area contributed by atoms with Gasteiger partial charge in [0, 0.05) is 39.0 Å². The summed E-state index contributed by atoms with van der Waals surface area (Å²) in [6.45, 7) is -0.322. The molecule has 12 N–H and O–H groups in total. The lowest BCUT2D eigenvalue weighted by atomic mass is 10.0. The SMILES string of the molecule is N=C(N)NCCC[C@H](N)C(=O)N1CCCC1C(=O)N1CCC[C@H]1C(=O)NCC(=O)N[C@@H](Cc1ccccc1)C(=O)N[C@@H](CO)C(=O)N1CCC[C@H]1C(=O)N[C@@H](Cc1ccccc1)C(=O)O. The van der Waals surface area contributed by atoms with Gasteiger partial charge in [0.15, 0.2) is 5.96 Å². The number of benzene rings is 2. The van der Waals surface area contributed by atoms with Gasteiger partial charge < -0.3 is 63.0 Å². The van der Waals surface area contributed by atoms with Crippen LogP contribution in [0.2, 0.25) is 0 Å². The fraction of sp³-hybridized carbons (Fsp3) is 0.523. The first kappa shape index (κ1) is 49.4. The van der Waals surface area contributed by atoms with Crippen LogP contribution in [0, 0.1) is 5.41 Å². The van der Waals surface area contributed by atoms with Crippen LogP contribution in [-0.2, 0) is 51.2 Å². The number of nitrogens with two attached hydrogens (primary N) is 2. The minimum Gasteiger partial charge on any atom is -0.480 e. The molecule has 0 saturated carbocycles. The molecule has 2 aromatic rings. The molecule has 0 bridgehead atoms. The minimum atomic E-state index is -1.52. The number of carbonyl (C=O) groups excluding carboxylic acids is 7. The maximum Gasteiger partial charge on any atom is 0.326 e. The molecule has 3 heterocycles. The molecule has 352 valence electrons. The summed E-state index contributed by atoms with van der Waals surface area (Å²) >= 11 is 0. The lowest BCUT2D eigenvalue weighted by molar-refractivity contribution is -0.147. The average molecular weight is 904 g/mol. The van der Waals surface area contributed by atoms with Crippen molar-refractivity contribution in [3.8, 4) is 0 Å². The summed E-state index contributed by atoms with van der Waals surface area (Å²) in [5.74, 6) is -5.84. The number of rotatable bonds is 21. The van der Waals surface area contributed by atoms with Gasteiger partial charge in [0.05, 0.1) is 19.2 Å². The summed E-state index contributed by atoms with van der Waals surface area (Å²) < 4.78 is 0. The second kappa shape index (κ2) is 23.9. The molecule has 0 spiro atoms. The predicted molar refractivity (Wildman–Crippen MR) is 235 cm³/mol. The molecule has 3 saturated heterocycles. The average Bonchev–Trinajstić information content (AvgIpc) is 4.11. The molecular formula is C44H61N11O10. The van der Waals surface area contributed by atoms with E-state index >= 15 is 0 Å². The summed E-state index contributed by atoms with van der Waals surface area (Å²) in [5, 5.41) is 40.3. The number of carboxylic acid groups (broad SMARTS) is 1.